The van der Waals surface area contributed by atoms with E-state index in [9.17, 15) is 10.1 Å². The highest BCUT2D eigenvalue weighted by molar-refractivity contribution is 8.00. The van der Waals surface area contributed by atoms with Crippen LogP contribution in [-0.2, 0) is 4.79 Å². The second-order valence-corrected chi connectivity index (χ2v) is 9.75. The first-order valence-corrected chi connectivity index (χ1v) is 11.4. The summed E-state index contributed by atoms with van der Waals surface area (Å²) < 4.78 is 1.96. The van der Waals surface area contributed by atoms with Crippen LogP contribution in [0.2, 0.25) is 5.02 Å². The van der Waals surface area contributed by atoms with Crippen molar-refractivity contribution in [1.82, 2.24) is 20.1 Å². The number of amides is 1. The molecule has 7 nitrogen and oxygen atoms in total. The Labute approximate surface area is 186 Å². The Kier molecular flexibility index (Phi) is 6.94. The Balaban J connectivity index is 1.89. The molecule has 160 valence electrons. The number of nitrogens with one attached hydrogen (secondary N) is 1. The van der Waals surface area contributed by atoms with Crippen LogP contribution in [0.3, 0.4) is 0 Å². The second kappa shape index (κ2) is 9.27. The van der Waals surface area contributed by atoms with Crippen molar-refractivity contribution in [3.63, 3.8) is 0 Å². The lowest BCUT2D eigenvalue weighted by molar-refractivity contribution is -0.121. The molecule has 0 aliphatic carbocycles. The van der Waals surface area contributed by atoms with Crippen LogP contribution < -0.4 is 10.2 Å². The van der Waals surface area contributed by atoms with E-state index in [4.69, 9.17) is 11.6 Å². The Morgan fingerprint density at radius 3 is 2.60 bits per heavy atom. The number of aromatic nitrogens is 3. The van der Waals surface area contributed by atoms with E-state index >= 15 is 0 Å². The van der Waals surface area contributed by atoms with Gasteiger partial charge >= 0.3 is 0 Å². The molecule has 1 fully saturated rings. The molecule has 1 aliphatic heterocycles. The van der Waals surface area contributed by atoms with E-state index in [1.54, 1.807) is 6.92 Å². The summed E-state index contributed by atoms with van der Waals surface area (Å²) >= 11 is 7.55. The Morgan fingerprint density at radius 1 is 1.30 bits per heavy atom. The topological polar surface area (TPSA) is 86.8 Å². The molecular formula is C21H27ClN6OS. The third kappa shape index (κ3) is 4.73. The largest absolute Gasteiger partial charge is 0.341 e. The molecule has 3 rings (SSSR count). The lowest BCUT2D eigenvalue weighted by atomic mass is 9.90. The predicted octanol–water partition coefficient (Wildman–Crippen LogP) is 4.06. The molecular weight excluding hydrogens is 420 g/mol. The molecule has 2 heterocycles. The Morgan fingerprint density at radius 2 is 2.00 bits per heavy atom. The standard InChI is InChI=1S/C21H27ClN6OS/c1-14(2)21(4,13-23)24-18(29)15(3)30-20-26-25-19(27-10-5-6-11-27)28(20)17-9-7-8-16(22)12-17/h7-9,12,14-15H,5-6,10-11H2,1-4H3,(H,24,29). The maximum absolute atomic E-state index is 12.8. The summed E-state index contributed by atoms with van der Waals surface area (Å²) in [7, 11) is 0. The third-order valence-electron chi connectivity index (χ3n) is 5.49. The monoisotopic (exact) mass is 446 g/mol. The highest BCUT2D eigenvalue weighted by Crippen LogP contribution is 2.32. The molecule has 30 heavy (non-hydrogen) atoms. The molecule has 1 N–H and O–H groups in total. The number of nitriles is 1. The van der Waals surface area contributed by atoms with Crippen molar-refractivity contribution in [2.75, 3.05) is 18.0 Å². The first-order valence-electron chi connectivity index (χ1n) is 10.1. The molecule has 2 aromatic rings. The van der Waals surface area contributed by atoms with E-state index in [1.807, 2.05) is 49.6 Å². The highest BCUT2D eigenvalue weighted by atomic mass is 35.5. The maximum Gasteiger partial charge on any atom is 0.234 e. The van der Waals surface area contributed by atoms with E-state index in [0.717, 1.165) is 37.6 Å². The number of halogens is 1. The molecule has 0 bridgehead atoms. The van der Waals surface area contributed by atoms with Gasteiger partial charge in [-0.2, -0.15) is 5.26 Å². The molecule has 1 aromatic carbocycles. The van der Waals surface area contributed by atoms with Crippen molar-refractivity contribution in [3.8, 4) is 11.8 Å². The Bertz CT molecular complexity index is 949. The van der Waals surface area contributed by atoms with Crippen LogP contribution in [0.15, 0.2) is 29.4 Å². The summed E-state index contributed by atoms with van der Waals surface area (Å²) in [4.78, 5) is 15.0. The van der Waals surface area contributed by atoms with Gasteiger partial charge in [0.1, 0.15) is 5.54 Å². The lowest BCUT2D eigenvalue weighted by Crippen LogP contribution is -2.51. The number of thioether (sulfide) groups is 1. The normalized spacial score (nSPS) is 16.9. The summed E-state index contributed by atoms with van der Waals surface area (Å²) in [6, 6.07) is 9.74. The zero-order chi connectivity index (χ0) is 21.9. The molecule has 0 saturated carbocycles. The minimum absolute atomic E-state index is 0.0134. The second-order valence-electron chi connectivity index (χ2n) is 8.01. The smallest absolute Gasteiger partial charge is 0.234 e. The SMILES string of the molecule is CC(Sc1nnc(N2CCCC2)n1-c1cccc(Cl)c1)C(=O)NC(C)(C#N)C(C)C. The van der Waals surface area contributed by atoms with E-state index in [-0.39, 0.29) is 11.8 Å². The summed E-state index contributed by atoms with van der Waals surface area (Å²) in [5.74, 6) is 0.538. The van der Waals surface area contributed by atoms with Gasteiger partial charge in [0, 0.05) is 18.1 Å². The van der Waals surface area contributed by atoms with Gasteiger partial charge in [0.15, 0.2) is 5.16 Å². The summed E-state index contributed by atoms with van der Waals surface area (Å²) in [5, 5.41) is 22.0. The number of benzene rings is 1. The van der Waals surface area contributed by atoms with Crippen LogP contribution in [0, 0.1) is 17.2 Å². The summed E-state index contributed by atoms with van der Waals surface area (Å²) in [6.45, 7) is 9.24. The van der Waals surface area contributed by atoms with Gasteiger partial charge in [-0.25, -0.2) is 0 Å². The molecule has 2 unspecified atom stereocenters. The zero-order valence-electron chi connectivity index (χ0n) is 17.7. The summed E-state index contributed by atoms with van der Waals surface area (Å²) in [5.41, 5.74) is -0.0682. The van der Waals surface area contributed by atoms with Crippen molar-refractivity contribution < 1.29 is 4.79 Å². The fourth-order valence-electron chi connectivity index (χ4n) is 3.17. The average molecular weight is 447 g/mol. The fraction of sp³-hybridized carbons (Fsp3) is 0.524. The van der Waals surface area contributed by atoms with Gasteiger partial charge < -0.3 is 10.2 Å². The number of hydrogen-bond acceptors (Lipinski definition) is 6. The van der Waals surface area contributed by atoms with Gasteiger partial charge in [-0.3, -0.25) is 9.36 Å². The zero-order valence-corrected chi connectivity index (χ0v) is 19.3. The minimum Gasteiger partial charge on any atom is -0.341 e. The van der Waals surface area contributed by atoms with Crippen molar-refractivity contribution in [3.05, 3.63) is 29.3 Å². The van der Waals surface area contributed by atoms with Crippen molar-refractivity contribution in [2.24, 2.45) is 5.92 Å². The van der Waals surface area contributed by atoms with Crippen molar-refractivity contribution >= 4 is 35.2 Å². The van der Waals surface area contributed by atoms with Crippen LogP contribution in [0.5, 0.6) is 0 Å². The number of carbonyl (C=O) groups excluding carboxylic acids is 1. The quantitative estimate of drug-likeness (QED) is 0.645. The molecule has 1 aliphatic rings. The number of carbonyl (C=O) groups is 1. The molecule has 1 saturated heterocycles. The molecule has 2 atom stereocenters. The van der Waals surface area contributed by atoms with Crippen LogP contribution >= 0.6 is 23.4 Å². The first-order chi connectivity index (χ1) is 14.2. The van der Waals surface area contributed by atoms with Crippen LogP contribution in [0.25, 0.3) is 5.69 Å². The van der Waals surface area contributed by atoms with Gasteiger partial charge in [0.05, 0.1) is 17.0 Å². The van der Waals surface area contributed by atoms with Gasteiger partial charge in [0.25, 0.3) is 0 Å². The minimum atomic E-state index is -0.923. The van der Waals surface area contributed by atoms with E-state index in [2.05, 4.69) is 26.5 Å². The third-order valence-corrected chi connectivity index (χ3v) is 6.77. The van der Waals surface area contributed by atoms with E-state index < -0.39 is 10.8 Å². The fourth-order valence-corrected chi connectivity index (χ4v) is 4.22. The van der Waals surface area contributed by atoms with E-state index in [0.29, 0.717) is 10.2 Å². The van der Waals surface area contributed by atoms with E-state index in [1.165, 1.54) is 11.8 Å². The van der Waals surface area contributed by atoms with Crippen molar-refractivity contribution in [2.45, 2.75) is 56.5 Å². The molecule has 9 heteroatoms. The van der Waals surface area contributed by atoms with Crippen molar-refractivity contribution in [1.29, 1.82) is 5.26 Å². The Hall–Kier alpha value is -2.24. The van der Waals surface area contributed by atoms with Gasteiger partial charge in [-0.05, 0) is 50.8 Å². The average Bonchev–Trinajstić information content (AvgIpc) is 3.37. The number of anilines is 1. The predicted molar refractivity (Wildman–Crippen MR) is 120 cm³/mol. The molecule has 0 spiro atoms. The molecule has 1 aromatic heterocycles. The number of nitrogens with zero attached hydrogens (tertiary/aromatic N) is 5. The van der Waals surface area contributed by atoms with Crippen LogP contribution in [0.4, 0.5) is 5.95 Å². The highest BCUT2D eigenvalue weighted by Gasteiger charge is 2.33. The van der Waals surface area contributed by atoms with Gasteiger partial charge in [0.2, 0.25) is 11.9 Å². The number of rotatable bonds is 7. The molecule has 1 amide bonds. The lowest BCUT2D eigenvalue weighted by Gasteiger charge is -2.28. The van der Waals surface area contributed by atoms with Gasteiger partial charge in [-0.1, -0.05) is 43.3 Å². The van der Waals surface area contributed by atoms with Gasteiger partial charge in [-0.15, -0.1) is 10.2 Å². The molecule has 0 radical (unpaired) electrons. The number of hydrogen-bond donors (Lipinski definition) is 1. The first kappa shape index (κ1) is 22.4. The maximum atomic E-state index is 12.8. The summed E-state index contributed by atoms with van der Waals surface area (Å²) in [6.07, 6.45) is 2.23. The van der Waals surface area contributed by atoms with Crippen LogP contribution in [-0.4, -0.2) is 44.6 Å². The van der Waals surface area contributed by atoms with Crippen LogP contribution in [0.1, 0.15) is 40.5 Å².